The van der Waals surface area contributed by atoms with Crippen molar-refractivity contribution in [1.29, 1.82) is 0 Å². The first-order chi connectivity index (χ1) is 14.0. The molecule has 0 N–H and O–H groups in total. The molecule has 2 aromatic rings. The van der Waals surface area contributed by atoms with Crippen LogP contribution in [0.15, 0.2) is 64.5 Å². The zero-order chi connectivity index (χ0) is 20.8. The number of ether oxygens (including phenoxy) is 2. The van der Waals surface area contributed by atoms with Gasteiger partial charge in [0.05, 0.1) is 19.1 Å². The van der Waals surface area contributed by atoms with E-state index in [1.165, 1.54) is 11.8 Å². The molecule has 7 heteroatoms. The van der Waals surface area contributed by atoms with Crippen molar-refractivity contribution in [3.63, 3.8) is 0 Å². The van der Waals surface area contributed by atoms with Gasteiger partial charge < -0.3 is 9.47 Å². The maximum Gasteiger partial charge on any atom is 0.266 e. The van der Waals surface area contributed by atoms with Crippen molar-refractivity contribution in [1.82, 2.24) is 4.90 Å². The van der Waals surface area contributed by atoms with Gasteiger partial charge in [0.1, 0.15) is 4.32 Å². The van der Waals surface area contributed by atoms with E-state index in [9.17, 15) is 4.79 Å². The lowest BCUT2D eigenvalue weighted by Crippen LogP contribution is -2.30. The Balaban J connectivity index is 1.68. The number of carbonyl (C=O) groups excluding carboxylic acids is 1. The van der Waals surface area contributed by atoms with Crippen LogP contribution in [0.25, 0.3) is 6.08 Å². The van der Waals surface area contributed by atoms with E-state index in [1.54, 1.807) is 25.2 Å². The third-order valence-corrected chi connectivity index (χ3v) is 5.91. The number of carbonyl (C=O) groups is 1. The number of nitrogens with zero attached hydrogens (tertiary/aromatic N) is 1. The Labute approximate surface area is 185 Å². The molecule has 0 aromatic heterocycles. The lowest BCUT2D eigenvalue weighted by Gasteiger charge is -2.15. The van der Waals surface area contributed by atoms with Gasteiger partial charge in [-0.05, 0) is 41.8 Å². The minimum absolute atomic E-state index is 0.125. The Morgan fingerprint density at radius 1 is 1.14 bits per heavy atom. The molecule has 0 saturated carbocycles. The summed E-state index contributed by atoms with van der Waals surface area (Å²) in [6.07, 6.45) is 4.13. The third kappa shape index (κ3) is 5.41. The minimum Gasteiger partial charge on any atom is -0.493 e. The van der Waals surface area contributed by atoms with Crippen LogP contribution in [0.5, 0.6) is 11.5 Å². The average molecular weight is 446 g/mol. The number of rotatable bonds is 7. The van der Waals surface area contributed by atoms with E-state index in [1.807, 2.05) is 54.6 Å². The van der Waals surface area contributed by atoms with E-state index in [0.717, 1.165) is 11.1 Å². The van der Waals surface area contributed by atoms with Crippen molar-refractivity contribution < 1.29 is 14.3 Å². The Kier molecular flexibility index (Phi) is 7.36. The van der Waals surface area contributed by atoms with Crippen LogP contribution in [0, 0.1) is 0 Å². The predicted molar refractivity (Wildman–Crippen MR) is 124 cm³/mol. The highest BCUT2D eigenvalue weighted by Gasteiger charge is 2.31. The van der Waals surface area contributed by atoms with Crippen LogP contribution in [0.1, 0.15) is 11.1 Å². The van der Waals surface area contributed by atoms with Crippen LogP contribution < -0.4 is 9.47 Å². The number of methoxy groups -OCH3 is 2. The van der Waals surface area contributed by atoms with Crippen LogP contribution in [0.4, 0.5) is 0 Å². The van der Waals surface area contributed by atoms with Crippen LogP contribution >= 0.6 is 35.6 Å². The number of hydrogen-bond donors (Lipinski definition) is 0. The fourth-order valence-electron chi connectivity index (χ4n) is 2.85. The number of benzene rings is 2. The van der Waals surface area contributed by atoms with Gasteiger partial charge in [-0.25, -0.2) is 0 Å². The van der Waals surface area contributed by atoms with Gasteiger partial charge in [0.15, 0.2) is 11.5 Å². The standard InChI is InChI=1S/C22H20ClNO3S2/c1-26-18-9-8-16(13-19(18)27-2)10-11-24-21(25)20(29-22(24)28)14-17(23)12-15-6-4-3-5-7-15/h3-9,12-14H,10-11H2,1-2H3/b17-12-,20-14-. The van der Waals surface area contributed by atoms with Crippen molar-refractivity contribution in [2.24, 2.45) is 0 Å². The summed E-state index contributed by atoms with van der Waals surface area (Å²) in [5.74, 6) is 1.21. The molecule has 2 aromatic carbocycles. The summed E-state index contributed by atoms with van der Waals surface area (Å²) < 4.78 is 11.1. The fourth-order valence-corrected chi connectivity index (χ4v) is 4.44. The van der Waals surface area contributed by atoms with Crippen molar-refractivity contribution in [2.75, 3.05) is 20.8 Å². The monoisotopic (exact) mass is 445 g/mol. The van der Waals surface area contributed by atoms with Crippen LogP contribution in [0.2, 0.25) is 0 Å². The maximum absolute atomic E-state index is 12.8. The summed E-state index contributed by atoms with van der Waals surface area (Å²) in [5, 5.41) is 0.483. The molecule has 4 nitrogen and oxygen atoms in total. The van der Waals surface area contributed by atoms with E-state index in [0.29, 0.717) is 38.7 Å². The topological polar surface area (TPSA) is 38.8 Å². The van der Waals surface area contributed by atoms with E-state index in [-0.39, 0.29) is 5.91 Å². The van der Waals surface area contributed by atoms with Gasteiger partial charge in [0, 0.05) is 11.6 Å². The second-order valence-electron chi connectivity index (χ2n) is 6.21. The molecule has 0 aliphatic carbocycles. The Hall–Kier alpha value is -2.28. The first-order valence-electron chi connectivity index (χ1n) is 8.90. The summed E-state index contributed by atoms with van der Waals surface area (Å²) >= 11 is 13.0. The maximum atomic E-state index is 12.8. The zero-order valence-electron chi connectivity index (χ0n) is 16.1. The third-order valence-electron chi connectivity index (χ3n) is 4.32. The smallest absolute Gasteiger partial charge is 0.266 e. The first kappa shape index (κ1) is 21.4. The highest BCUT2D eigenvalue weighted by atomic mass is 35.5. The molecular weight excluding hydrogens is 426 g/mol. The number of allylic oxidation sites excluding steroid dienone is 2. The molecule has 0 bridgehead atoms. The summed E-state index contributed by atoms with van der Waals surface area (Å²) in [6.45, 7) is 0.484. The van der Waals surface area contributed by atoms with E-state index < -0.39 is 0 Å². The van der Waals surface area contributed by atoms with E-state index in [2.05, 4.69) is 0 Å². The zero-order valence-corrected chi connectivity index (χ0v) is 18.4. The lowest BCUT2D eigenvalue weighted by molar-refractivity contribution is -0.122. The second kappa shape index (κ2) is 9.96. The molecule has 0 atom stereocenters. The molecule has 0 unspecified atom stereocenters. The number of hydrogen-bond acceptors (Lipinski definition) is 5. The molecule has 1 aliphatic rings. The average Bonchev–Trinajstić information content (AvgIpc) is 2.99. The molecule has 1 heterocycles. The number of thioether (sulfide) groups is 1. The fraction of sp³-hybridized carbons (Fsp3) is 0.182. The molecule has 29 heavy (non-hydrogen) atoms. The quantitative estimate of drug-likeness (QED) is 0.428. The Morgan fingerprint density at radius 2 is 1.86 bits per heavy atom. The molecule has 3 rings (SSSR count). The normalized spacial score (nSPS) is 15.9. The summed E-state index contributed by atoms with van der Waals surface area (Å²) in [6, 6.07) is 15.4. The van der Waals surface area contributed by atoms with Gasteiger partial charge in [-0.2, -0.15) is 0 Å². The minimum atomic E-state index is -0.125. The number of thiocarbonyl (C=S) groups is 1. The molecule has 150 valence electrons. The predicted octanol–water partition coefficient (Wildman–Crippen LogP) is 5.27. The summed E-state index contributed by atoms with van der Waals surface area (Å²) in [5.41, 5.74) is 2.00. The Bertz CT molecular complexity index is 973. The number of amides is 1. The van der Waals surface area contributed by atoms with E-state index >= 15 is 0 Å². The highest BCUT2D eigenvalue weighted by Crippen LogP contribution is 2.33. The molecule has 1 saturated heterocycles. The first-order valence-corrected chi connectivity index (χ1v) is 10.5. The van der Waals surface area contributed by atoms with Crippen LogP contribution in [0.3, 0.4) is 0 Å². The molecule has 0 spiro atoms. The van der Waals surface area contributed by atoms with Crippen molar-refractivity contribution in [3.05, 3.63) is 75.7 Å². The largest absolute Gasteiger partial charge is 0.493 e. The van der Waals surface area contributed by atoms with Gasteiger partial charge in [-0.1, -0.05) is 72.0 Å². The molecular formula is C22H20ClNO3S2. The molecule has 1 fully saturated rings. The van der Waals surface area contributed by atoms with Gasteiger partial charge in [-0.15, -0.1) is 0 Å². The Morgan fingerprint density at radius 3 is 2.55 bits per heavy atom. The van der Waals surface area contributed by atoms with Crippen LogP contribution in [-0.2, 0) is 11.2 Å². The lowest BCUT2D eigenvalue weighted by atomic mass is 10.1. The second-order valence-corrected chi connectivity index (χ2v) is 8.32. The van der Waals surface area contributed by atoms with Crippen LogP contribution in [-0.4, -0.2) is 35.9 Å². The highest BCUT2D eigenvalue weighted by molar-refractivity contribution is 8.26. The summed E-state index contributed by atoms with van der Waals surface area (Å²) in [7, 11) is 3.20. The van der Waals surface area contributed by atoms with Gasteiger partial charge in [-0.3, -0.25) is 9.69 Å². The molecule has 1 aliphatic heterocycles. The SMILES string of the molecule is COc1ccc(CCN2C(=O)/C(=C/C(Cl)=C/c3ccccc3)SC2=S)cc1OC. The summed E-state index contributed by atoms with van der Waals surface area (Å²) in [4.78, 5) is 14.9. The number of halogens is 1. The van der Waals surface area contributed by atoms with Crippen molar-refractivity contribution in [2.45, 2.75) is 6.42 Å². The van der Waals surface area contributed by atoms with Crippen molar-refractivity contribution >= 4 is 51.9 Å². The van der Waals surface area contributed by atoms with Crippen molar-refractivity contribution in [3.8, 4) is 11.5 Å². The van der Waals surface area contributed by atoms with E-state index in [4.69, 9.17) is 33.3 Å². The van der Waals surface area contributed by atoms with Gasteiger partial charge in [0.25, 0.3) is 5.91 Å². The molecule has 1 amide bonds. The molecule has 0 radical (unpaired) electrons. The van der Waals surface area contributed by atoms with Gasteiger partial charge in [0.2, 0.25) is 0 Å². The van der Waals surface area contributed by atoms with Gasteiger partial charge >= 0.3 is 0 Å².